The van der Waals surface area contributed by atoms with Crippen LogP contribution in [0.2, 0.25) is 4.34 Å². The van der Waals surface area contributed by atoms with Crippen molar-refractivity contribution in [1.82, 2.24) is 4.90 Å². The molecule has 5 nitrogen and oxygen atoms in total. The molecular formula is C17H15ClN2O3S. The summed E-state index contributed by atoms with van der Waals surface area (Å²) in [5, 5.41) is 10.8. The zero-order valence-electron chi connectivity index (χ0n) is 12.7. The Bertz CT molecular complexity index is 786. The molecule has 124 valence electrons. The van der Waals surface area contributed by atoms with E-state index in [1.165, 1.54) is 29.5 Å². The minimum Gasteiger partial charge on any atom is -0.330 e. The van der Waals surface area contributed by atoms with Crippen LogP contribution in [0.25, 0.3) is 6.08 Å². The lowest BCUT2D eigenvalue weighted by molar-refractivity contribution is -0.384. The lowest BCUT2D eigenvalue weighted by atomic mass is 10.2. The second kappa shape index (κ2) is 8.42. The summed E-state index contributed by atoms with van der Waals surface area (Å²) in [7, 11) is 0. The zero-order chi connectivity index (χ0) is 17.5. The van der Waals surface area contributed by atoms with E-state index in [-0.39, 0.29) is 11.6 Å². The maximum absolute atomic E-state index is 12.4. The molecule has 0 saturated heterocycles. The molecule has 0 unspecified atom stereocenters. The number of amides is 1. The molecule has 7 heteroatoms. The minimum absolute atomic E-state index is 0.0132. The van der Waals surface area contributed by atoms with Crippen LogP contribution in [0.1, 0.15) is 10.4 Å². The fraction of sp³-hybridized carbons (Fsp3) is 0.118. The van der Waals surface area contributed by atoms with Crippen molar-refractivity contribution in [3.8, 4) is 0 Å². The van der Waals surface area contributed by atoms with E-state index in [1.807, 2.05) is 6.07 Å². The van der Waals surface area contributed by atoms with Crippen molar-refractivity contribution < 1.29 is 9.72 Å². The standard InChI is InChI=1S/C17H15ClN2O3S/c1-2-10-19(12-15-7-8-16(18)24-15)17(21)9-6-13-4-3-5-14(11-13)20(22)23/h2-9,11H,1,10,12H2/b9-6+. The van der Waals surface area contributed by atoms with E-state index < -0.39 is 4.92 Å². The number of hydrogen-bond acceptors (Lipinski definition) is 4. The molecule has 2 aromatic rings. The van der Waals surface area contributed by atoms with Gasteiger partial charge in [0, 0.05) is 29.6 Å². The van der Waals surface area contributed by atoms with Gasteiger partial charge in [-0.25, -0.2) is 0 Å². The highest BCUT2D eigenvalue weighted by Crippen LogP contribution is 2.23. The molecule has 1 heterocycles. The molecular weight excluding hydrogens is 348 g/mol. The monoisotopic (exact) mass is 362 g/mol. The van der Waals surface area contributed by atoms with Crippen molar-refractivity contribution in [3.05, 3.63) is 80.0 Å². The third-order valence-electron chi connectivity index (χ3n) is 3.14. The van der Waals surface area contributed by atoms with E-state index in [9.17, 15) is 14.9 Å². The SMILES string of the molecule is C=CCN(Cc1ccc(Cl)s1)C(=O)/C=C/c1cccc([N+](=O)[O-])c1. The van der Waals surface area contributed by atoms with Gasteiger partial charge in [-0.3, -0.25) is 14.9 Å². The minimum atomic E-state index is -0.469. The largest absolute Gasteiger partial charge is 0.330 e. The first-order valence-corrected chi connectivity index (χ1v) is 8.25. The van der Waals surface area contributed by atoms with Gasteiger partial charge in [0.15, 0.2) is 0 Å². The molecule has 0 aliphatic carbocycles. The summed E-state index contributed by atoms with van der Waals surface area (Å²) in [4.78, 5) is 25.3. The Morgan fingerprint density at radius 1 is 1.38 bits per heavy atom. The van der Waals surface area contributed by atoms with E-state index in [2.05, 4.69) is 6.58 Å². The first-order valence-electron chi connectivity index (χ1n) is 7.06. The van der Waals surface area contributed by atoms with Gasteiger partial charge in [-0.15, -0.1) is 17.9 Å². The molecule has 0 N–H and O–H groups in total. The molecule has 0 aliphatic rings. The molecule has 1 amide bonds. The predicted molar refractivity (Wildman–Crippen MR) is 97.1 cm³/mol. The molecule has 0 saturated carbocycles. The Hall–Kier alpha value is -2.44. The molecule has 0 fully saturated rings. The van der Waals surface area contributed by atoms with Crippen molar-refractivity contribution in [2.45, 2.75) is 6.54 Å². The quantitative estimate of drug-likeness (QED) is 0.314. The molecule has 0 radical (unpaired) electrons. The topological polar surface area (TPSA) is 63.5 Å². The number of nitrogens with zero attached hydrogens (tertiary/aromatic N) is 2. The Kier molecular flexibility index (Phi) is 6.28. The number of benzene rings is 1. The van der Waals surface area contributed by atoms with E-state index in [0.717, 1.165) is 4.88 Å². The molecule has 0 atom stereocenters. The summed E-state index contributed by atoms with van der Waals surface area (Å²) in [6.07, 6.45) is 4.61. The fourth-order valence-corrected chi connectivity index (χ4v) is 3.13. The summed E-state index contributed by atoms with van der Waals surface area (Å²) < 4.78 is 0.670. The summed E-state index contributed by atoms with van der Waals surface area (Å²) in [6.45, 7) is 4.49. The summed E-state index contributed by atoms with van der Waals surface area (Å²) in [5.74, 6) is -0.203. The van der Waals surface area contributed by atoms with Gasteiger partial charge in [0.1, 0.15) is 0 Å². The Labute approximate surface area is 148 Å². The fourth-order valence-electron chi connectivity index (χ4n) is 2.03. The molecule has 0 aliphatic heterocycles. The van der Waals surface area contributed by atoms with Crippen LogP contribution < -0.4 is 0 Å². The number of rotatable bonds is 7. The highest BCUT2D eigenvalue weighted by molar-refractivity contribution is 7.16. The predicted octanol–water partition coefficient (Wildman–Crippen LogP) is 4.54. The van der Waals surface area contributed by atoms with Crippen LogP contribution in [-0.2, 0) is 11.3 Å². The first kappa shape index (κ1) is 17.9. The smallest absolute Gasteiger partial charge is 0.270 e. The third kappa shape index (κ3) is 5.04. The van der Waals surface area contributed by atoms with Crippen LogP contribution >= 0.6 is 22.9 Å². The van der Waals surface area contributed by atoms with Gasteiger partial charge >= 0.3 is 0 Å². The number of nitro groups is 1. The Morgan fingerprint density at radius 2 is 2.17 bits per heavy atom. The number of carbonyl (C=O) groups is 1. The number of hydrogen-bond donors (Lipinski definition) is 0. The molecule has 1 aromatic heterocycles. The van der Waals surface area contributed by atoms with Crippen molar-refractivity contribution >= 4 is 40.6 Å². The van der Waals surface area contributed by atoms with Crippen molar-refractivity contribution in [3.63, 3.8) is 0 Å². The van der Waals surface area contributed by atoms with E-state index in [0.29, 0.717) is 23.0 Å². The van der Waals surface area contributed by atoms with Crippen LogP contribution in [0.3, 0.4) is 0 Å². The van der Waals surface area contributed by atoms with Crippen molar-refractivity contribution in [2.24, 2.45) is 0 Å². The number of carbonyl (C=O) groups excluding carboxylic acids is 1. The second-order valence-corrected chi connectivity index (χ2v) is 6.70. The number of non-ortho nitro benzene ring substituents is 1. The van der Waals surface area contributed by atoms with Gasteiger partial charge in [-0.2, -0.15) is 0 Å². The van der Waals surface area contributed by atoms with E-state index in [4.69, 9.17) is 11.6 Å². The summed E-state index contributed by atoms with van der Waals surface area (Å²) >= 11 is 7.33. The van der Waals surface area contributed by atoms with Gasteiger partial charge in [0.25, 0.3) is 5.69 Å². The molecule has 2 rings (SSSR count). The average Bonchev–Trinajstić information content (AvgIpc) is 2.97. The van der Waals surface area contributed by atoms with Crippen LogP contribution in [-0.4, -0.2) is 22.3 Å². The van der Waals surface area contributed by atoms with Gasteiger partial charge in [0.2, 0.25) is 5.91 Å². The first-order chi connectivity index (χ1) is 11.5. The number of nitro benzene ring substituents is 1. The van der Waals surface area contributed by atoms with Crippen LogP contribution in [0.4, 0.5) is 5.69 Å². The molecule has 24 heavy (non-hydrogen) atoms. The van der Waals surface area contributed by atoms with Gasteiger partial charge in [0.05, 0.1) is 15.8 Å². The van der Waals surface area contributed by atoms with Gasteiger partial charge < -0.3 is 4.90 Å². The summed E-state index contributed by atoms with van der Waals surface area (Å²) in [5.41, 5.74) is 0.580. The maximum atomic E-state index is 12.4. The molecule has 0 spiro atoms. The van der Waals surface area contributed by atoms with Gasteiger partial charge in [-0.1, -0.05) is 29.8 Å². The average molecular weight is 363 g/mol. The van der Waals surface area contributed by atoms with Crippen LogP contribution in [0.15, 0.2) is 55.1 Å². The normalized spacial score (nSPS) is 10.7. The van der Waals surface area contributed by atoms with E-state index >= 15 is 0 Å². The lowest BCUT2D eigenvalue weighted by Gasteiger charge is -2.18. The van der Waals surface area contributed by atoms with Crippen LogP contribution in [0.5, 0.6) is 0 Å². The van der Waals surface area contributed by atoms with E-state index in [1.54, 1.807) is 35.3 Å². The molecule has 1 aromatic carbocycles. The highest BCUT2D eigenvalue weighted by atomic mass is 35.5. The van der Waals surface area contributed by atoms with Crippen molar-refractivity contribution in [2.75, 3.05) is 6.54 Å². The lowest BCUT2D eigenvalue weighted by Crippen LogP contribution is -2.28. The number of thiophene rings is 1. The highest BCUT2D eigenvalue weighted by Gasteiger charge is 2.11. The Balaban J connectivity index is 2.10. The molecule has 0 bridgehead atoms. The Morgan fingerprint density at radius 3 is 2.79 bits per heavy atom. The van der Waals surface area contributed by atoms with Crippen molar-refractivity contribution in [1.29, 1.82) is 0 Å². The maximum Gasteiger partial charge on any atom is 0.270 e. The summed E-state index contributed by atoms with van der Waals surface area (Å²) in [6, 6.07) is 9.77. The third-order valence-corrected chi connectivity index (χ3v) is 4.35. The van der Waals surface area contributed by atoms with Gasteiger partial charge in [-0.05, 0) is 23.8 Å². The van der Waals surface area contributed by atoms with Crippen LogP contribution in [0, 0.1) is 10.1 Å². The second-order valence-electron chi connectivity index (χ2n) is 4.90. The number of halogens is 1. The zero-order valence-corrected chi connectivity index (χ0v) is 14.3.